The third-order valence-electron chi connectivity index (χ3n) is 4.64. The van der Waals surface area contributed by atoms with Crippen LogP contribution in [0.4, 0.5) is 5.69 Å². The average Bonchev–Trinajstić information content (AvgIpc) is 2.74. The summed E-state index contributed by atoms with van der Waals surface area (Å²) in [6, 6.07) is 25.1. The lowest BCUT2D eigenvalue weighted by Gasteiger charge is -2.18. The van der Waals surface area contributed by atoms with Gasteiger partial charge in [0.1, 0.15) is 0 Å². The largest absolute Gasteiger partial charge is 0.332 e. The van der Waals surface area contributed by atoms with E-state index in [1.165, 1.54) is 4.90 Å². The van der Waals surface area contributed by atoms with E-state index in [4.69, 9.17) is 0 Å². The predicted molar refractivity (Wildman–Crippen MR) is 113 cm³/mol. The van der Waals surface area contributed by atoms with E-state index in [-0.39, 0.29) is 18.4 Å². The van der Waals surface area contributed by atoms with Crippen LogP contribution in [0.1, 0.15) is 22.8 Å². The Morgan fingerprint density at radius 3 is 2.11 bits per heavy atom. The highest BCUT2D eigenvalue weighted by Gasteiger charge is 2.15. The summed E-state index contributed by atoms with van der Waals surface area (Å²) >= 11 is 0. The third kappa shape index (κ3) is 4.65. The van der Waals surface area contributed by atoms with Crippen molar-refractivity contribution in [2.75, 3.05) is 18.9 Å². The normalized spacial score (nSPS) is 10.4. The fourth-order valence-electron chi connectivity index (χ4n) is 3.08. The second kappa shape index (κ2) is 9.00. The summed E-state index contributed by atoms with van der Waals surface area (Å²) in [5, 5.41) is 2.90. The van der Waals surface area contributed by atoms with Crippen molar-refractivity contribution in [1.29, 1.82) is 0 Å². The quantitative estimate of drug-likeness (QED) is 0.686. The molecule has 0 saturated heterocycles. The Morgan fingerprint density at radius 1 is 0.821 bits per heavy atom. The molecular weight excluding hydrogens is 348 g/mol. The Bertz CT molecular complexity index is 950. The van der Waals surface area contributed by atoms with Crippen LogP contribution >= 0.6 is 0 Å². The van der Waals surface area contributed by atoms with Crippen molar-refractivity contribution >= 4 is 17.5 Å². The number of carbonyl (C=O) groups excluding carboxylic acids is 2. The number of nitrogens with one attached hydrogen (secondary N) is 1. The first-order valence-electron chi connectivity index (χ1n) is 9.37. The maximum atomic E-state index is 12.6. The van der Waals surface area contributed by atoms with E-state index in [0.29, 0.717) is 5.56 Å². The van der Waals surface area contributed by atoms with Crippen molar-refractivity contribution in [2.24, 2.45) is 0 Å². The number of para-hydroxylation sites is 1. The van der Waals surface area contributed by atoms with Crippen LogP contribution in [-0.2, 0) is 11.2 Å². The summed E-state index contributed by atoms with van der Waals surface area (Å²) in [5.41, 5.74) is 4.57. The molecule has 0 bridgehead atoms. The van der Waals surface area contributed by atoms with Gasteiger partial charge in [-0.05, 0) is 41.3 Å². The monoisotopic (exact) mass is 372 g/mol. The smallest absolute Gasteiger partial charge is 0.254 e. The second-order valence-corrected chi connectivity index (χ2v) is 6.66. The van der Waals surface area contributed by atoms with E-state index in [1.54, 1.807) is 19.2 Å². The first-order valence-corrected chi connectivity index (χ1v) is 9.37. The molecule has 0 spiro atoms. The van der Waals surface area contributed by atoms with E-state index in [0.717, 1.165) is 28.8 Å². The van der Waals surface area contributed by atoms with Crippen LogP contribution in [0, 0.1) is 0 Å². The number of amides is 2. The van der Waals surface area contributed by atoms with E-state index in [2.05, 4.69) is 5.32 Å². The van der Waals surface area contributed by atoms with Crippen molar-refractivity contribution < 1.29 is 9.59 Å². The zero-order valence-electron chi connectivity index (χ0n) is 16.2. The molecule has 4 heteroatoms. The zero-order valence-corrected chi connectivity index (χ0v) is 16.2. The van der Waals surface area contributed by atoms with Crippen molar-refractivity contribution in [1.82, 2.24) is 4.90 Å². The minimum Gasteiger partial charge on any atom is -0.332 e. The summed E-state index contributed by atoms with van der Waals surface area (Å²) < 4.78 is 0. The maximum absolute atomic E-state index is 12.6. The molecule has 0 atom stereocenters. The van der Waals surface area contributed by atoms with Gasteiger partial charge in [-0.15, -0.1) is 0 Å². The van der Waals surface area contributed by atoms with Crippen LogP contribution < -0.4 is 5.32 Å². The molecule has 0 fully saturated rings. The standard InChI is InChI=1S/C24H24N2O2/c1-3-18-9-7-8-12-22(18)25-23(27)17-26(2)24(28)21-15-13-20(14-16-21)19-10-5-4-6-11-19/h4-16H,3,17H2,1-2H3,(H,25,27). The van der Waals surface area contributed by atoms with Gasteiger partial charge in [0.25, 0.3) is 5.91 Å². The van der Waals surface area contributed by atoms with Crippen LogP contribution in [0.5, 0.6) is 0 Å². The van der Waals surface area contributed by atoms with Gasteiger partial charge in [0.05, 0.1) is 6.54 Å². The molecule has 0 saturated carbocycles. The number of likely N-dealkylation sites (N-methyl/N-ethyl adjacent to an activating group) is 1. The van der Waals surface area contributed by atoms with Gasteiger partial charge in [0.2, 0.25) is 5.91 Å². The minimum atomic E-state index is -0.211. The molecule has 4 nitrogen and oxygen atoms in total. The van der Waals surface area contributed by atoms with Crippen molar-refractivity contribution in [3.05, 3.63) is 90.0 Å². The Labute approximate surface area is 165 Å². The van der Waals surface area contributed by atoms with Crippen LogP contribution in [0.2, 0.25) is 0 Å². The number of benzene rings is 3. The van der Waals surface area contributed by atoms with E-state index >= 15 is 0 Å². The number of anilines is 1. The lowest BCUT2D eigenvalue weighted by molar-refractivity contribution is -0.116. The molecular formula is C24H24N2O2. The van der Waals surface area contributed by atoms with Gasteiger partial charge < -0.3 is 10.2 Å². The Morgan fingerprint density at radius 2 is 1.43 bits per heavy atom. The van der Waals surface area contributed by atoms with Gasteiger partial charge in [-0.3, -0.25) is 9.59 Å². The molecule has 2 amide bonds. The molecule has 0 radical (unpaired) electrons. The van der Waals surface area contributed by atoms with Crippen molar-refractivity contribution in [2.45, 2.75) is 13.3 Å². The molecule has 0 aromatic heterocycles. The van der Waals surface area contributed by atoms with Gasteiger partial charge in [-0.1, -0.05) is 67.6 Å². The Hall–Kier alpha value is -3.40. The Balaban J connectivity index is 1.63. The number of carbonyl (C=O) groups is 2. The maximum Gasteiger partial charge on any atom is 0.254 e. The SMILES string of the molecule is CCc1ccccc1NC(=O)CN(C)C(=O)c1ccc(-c2ccccc2)cc1. The summed E-state index contributed by atoms with van der Waals surface area (Å²) in [5.74, 6) is -0.392. The highest BCUT2D eigenvalue weighted by atomic mass is 16.2. The summed E-state index contributed by atoms with van der Waals surface area (Å²) in [6.07, 6.45) is 0.832. The first kappa shape index (κ1) is 19.4. The predicted octanol–water partition coefficient (Wildman–Crippen LogP) is 4.63. The number of rotatable bonds is 6. The highest BCUT2D eigenvalue weighted by molar-refractivity contribution is 5.99. The third-order valence-corrected chi connectivity index (χ3v) is 4.64. The number of hydrogen-bond acceptors (Lipinski definition) is 2. The molecule has 28 heavy (non-hydrogen) atoms. The molecule has 0 aliphatic heterocycles. The fourth-order valence-corrected chi connectivity index (χ4v) is 3.08. The molecule has 3 aromatic rings. The Kier molecular flexibility index (Phi) is 6.22. The number of nitrogens with zero attached hydrogens (tertiary/aromatic N) is 1. The zero-order chi connectivity index (χ0) is 19.9. The number of hydrogen-bond donors (Lipinski definition) is 1. The minimum absolute atomic E-state index is 0.00266. The summed E-state index contributed by atoms with van der Waals surface area (Å²) in [7, 11) is 1.64. The van der Waals surface area contributed by atoms with Crippen LogP contribution in [-0.4, -0.2) is 30.3 Å². The van der Waals surface area contributed by atoms with Gasteiger partial charge in [0, 0.05) is 18.3 Å². The van der Waals surface area contributed by atoms with Gasteiger partial charge >= 0.3 is 0 Å². The summed E-state index contributed by atoms with van der Waals surface area (Å²) in [4.78, 5) is 26.4. The summed E-state index contributed by atoms with van der Waals surface area (Å²) in [6.45, 7) is 2.04. The second-order valence-electron chi connectivity index (χ2n) is 6.66. The molecule has 0 heterocycles. The highest BCUT2D eigenvalue weighted by Crippen LogP contribution is 2.20. The van der Waals surface area contributed by atoms with Crippen LogP contribution in [0.15, 0.2) is 78.9 Å². The molecule has 0 unspecified atom stereocenters. The van der Waals surface area contributed by atoms with Crippen molar-refractivity contribution in [3.8, 4) is 11.1 Å². The fraction of sp³-hybridized carbons (Fsp3) is 0.167. The lowest BCUT2D eigenvalue weighted by atomic mass is 10.0. The van der Waals surface area contributed by atoms with Crippen LogP contribution in [0.3, 0.4) is 0 Å². The van der Waals surface area contributed by atoms with E-state index in [9.17, 15) is 9.59 Å². The molecule has 142 valence electrons. The lowest BCUT2D eigenvalue weighted by Crippen LogP contribution is -2.35. The molecule has 1 N–H and O–H groups in total. The topological polar surface area (TPSA) is 49.4 Å². The first-order chi connectivity index (χ1) is 13.6. The number of aryl methyl sites for hydroxylation is 1. The van der Waals surface area contributed by atoms with E-state index in [1.807, 2.05) is 73.7 Å². The van der Waals surface area contributed by atoms with Crippen molar-refractivity contribution in [3.63, 3.8) is 0 Å². The van der Waals surface area contributed by atoms with E-state index < -0.39 is 0 Å². The van der Waals surface area contributed by atoms with Gasteiger partial charge in [-0.2, -0.15) is 0 Å². The molecule has 0 aliphatic rings. The molecule has 3 aromatic carbocycles. The molecule has 3 rings (SSSR count). The van der Waals surface area contributed by atoms with Gasteiger partial charge in [0.15, 0.2) is 0 Å². The average molecular weight is 372 g/mol. The molecule has 0 aliphatic carbocycles. The van der Waals surface area contributed by atoms with Crippen LogP contribution in [0.25, 0.3) is 11.1 Å². The van der Waals surface area contributed by atoms with Gasteiger partial charge in [-0.25, -0.2) is 0 Å².